The third-order valence-corrected chi connectivity index (χ3v) is 7.88. The molecule has 0 atom stereocenters. The van der Waals surface area contributed by atoms with Gasteiger partial charge in [0, 0.05) is 34.1 Å². The van der Waals surface area contributed by atoms with Crippen molar-refractivity contribution in [2.45, 2.75) is 19.8 Å². The van der Waals surface area contributed by atoms with Crippen LogP contribution >= 0.6 is 11.6 Å². The molecule has 0 saturated carbocycles. The number of rotatable bonds is 12. The zero-order valence-corrected chi connectivity index (χ0v) is 26.0. The quantitative estimate of drug-likeness (QED) is 0.137. The van der Waals surface area contributed by atoms with E-state index in [9.17, 15) is 0 Å². The number of hydrogen-bond acceptors (Lipinski definition) is 4. The van der Waals surface area contributed by atoms with Gasteiger partial charge in [-0.15, -0.1) is 0 Å². The first-order valence-electron chi connectivity index (χ1n) is 14.8. The maximum absolute atomic E-state index is 6.22. The molecule has 6 heteroatoms. The van der Waals surface area contributed by atoms with Crippen LogP contribution in [0.3, 0.4) is 0 Å². The molecule has 5 aromatic carbocycles. The SMILES string of the molecule is COc1cc(-c2ccc(-c3ccc(OCc4ccccc4)c(OC)c3)n2Cc2ccc(Cl)cc2)ccc1OCc1ccccc1. The van der Waals surface area contributed by atoms with Crippen molar-refractivity contribution in [1.82, 2.24) is 4.57 Å². The van der Waals surface area contributed by atoms with E-state index in [0.29, 0.717) is 47.8 Å². The van der Waals surface area contributed by atoms with Crippen LogP contribution < -0.4 is 18.9 Å². The first-order chi connectivity index (χ1) is 22.1. The molecule has 0 aliphatic rings. The number of methoxy groups -OCH3 is 2. The average molecular weight is 616 g/mol. The first-order valence-corrected chi connectivity index (χ1v) is 15.1. The number of aromatic nitrogens is 1. The van der Waals surface area contributed by atoms with Crippen molar-refractivity contribution in [1.29, 1.82) is 0 Å². The topological polar surface area (TPSA) is 41.9 Å². The minimum Gasteiger partial charge on any atom is -0.493 e. The van der Waals surface area contributed by atoms with Crippen LogP contribution in [0.1, 0.15) is 16.7 Å². The smallest absolute Gasteiger partial charge is 0.161 e. The van der Waals surface area contributed by atoms with E-state index in [0.717, 1.165) is 39.2 Å². The van der Waals surface area contributed by atoms with Gasteiger partial charge in [-0.1, -0.05) is 84.4 Å². The molecule has 0 aliphatic carbocycles. The van der Waals surface area contributed by atoms with Gasteiger partial charge in [0.25, 0.3) is 0 Å². The lowest BCUT2D eigenvalue weighted by molar-refractivity contribution is 0.284. The average Bonchev–Trinajstić information content (AvgIpc) is 3.51. The minimum atomic E-state index is 0.459. The first kappa shape index (κ1) is 29.9. The van der Waals surface area contributed by atoms with Crippen LogP contribution in [0.4, 0.5) is 0 Å². The molecule has 0 saturated heterocycles. The molecule has 0 N–H and O–H groups in total. The number of hydrogen-bond donors (Lipinski definition) is 0. The fourth-order valence-electron chi connectivity index (χ4n) is 5.28. The van der Waals surface area contributed by atoms with E-state index in [2.05, 4.69) is 41.0 Å². The van der Waals surface area contributed by atoms with Crippen molar-refractivity contribution in [2.24, 2.45) is 0 Å². The van der Waals surface area contributed by atoms with Crippen LogP contribution in [0.2, 0.25) is 5.02 Å². The molecule has 1 aromatic heterocycles. The highest BCUT2D eigenvalue weighted by Gasteiger charge is 2.17. The standard InChI is InChI=1S/C39H34ClNO4/c1-42-38-23-31(15-21-36(38)44-26-29-9-5-3-6-10-29)34-19-20-35(41(34)25-28-13-17-33(40)18-14-28)32-16-22-37(39(24-32)43-2)45-27-30-11-7-4-8-12-30/h3-24H,25-27H2,1-2H3. The lowest BCUT2D eigenvalue weighted by Gasteiger charge is -2.17. The molecular formula is C39H34ClNO4. The van der Waals surface area contributed by atoms with Crippen molar-refractivity contribution in [2.75, 3.05) is 14.2 Å². The normalized spacial score (nSPS) is 10.8. The molecule has 45 heavy (non-hydrogen) atoms. The second-order valence-electron chi connectivity index (χ2n) is 10.6. The predicted octanol–water partition coefficient (Wildman–Crippen LogP) is 9.70. The van der Waals surface area contributed by atoms with Gasteiger partial charge in [0.1, 0.15) is 13.2 Å². The van der Waals surface area contributed by atoms with Crippen LogP contribution in [0.25, 0.3) is 22.5 Å². The van der Waals surface area contributed by atoms with Crippen LogP contribution in [-0.4, -0.2) is 18.8 Å². The van der Waals surface area contributed by atoms with E-state index in [-0.39, 0.29) is 0 Å². The van der Waals surface area contributed by atoms with Gasteiger partial charge in [-0.3, -0.25) is 0 Å². The van der Waals surface area contributed by atoms with Gasteiger partial charge in [0.2, 0.25) is 0 Å². The molecule has 0 amide bonds. The van der Waals surface area contributed by atoms with E-state index in [1.54, 1.807) is 14.2 Å². The molecule has 5 nitrogen and oxygen atoms in total. The maximum atomic E-state index is 6.22. The molecule has 0 spiro atoms. The van der Waals surface area contributed by atoms with E-state index >= 15 is 0 Å². The Morgan fingerprint density at radius 2 is 0.956 bits per heavy atom. The predicted molar refractivity (Wildman–Crippen MR) is 181 cm³/mol. The van der Waals surface area contributed by atoms with Crippen LogP contribution in [0, 0.1) is 0 Å². The van der Waals surface area contributed by atoms with Crippen molar-refractivity contribution in [3.8, 4) is 45.5 Å². The summed E-state index contributed by atoms with van der Waals surface area (Å²) in [5.74, 6) is 2.73. The third-order valence-electron chi connectivity index (χ3n) is 7.63. The van der Waals surface area contributed by atoms with E-state index in [1.807, 2.05) is 97.1 Å². The Morgan fingerprint density at radius 1 is 0.489 bits per heavy atom. The Bertz CT molecular complexity index is 1740. The van der Waals surface area contributed by atoms with Gasteiger partial charge in [-0.2, -0.15) is 0 Å². The lowest BCUT2D eigenvalue weighted by Crippen LogP contribution is -2.05. The lowest BCUT2D eigenvalue weighted by atomic mass is 10.1. The molecule has 6 rings (SSSR count). The molecule has 0 bridgehead atoms. The Labute approximate surface area is 269 Å². The molecule has 0 fully saturated rings. The van der Waals surface area contributed by atoms with Crippen molar-refractivity contribution >= 4 is 11.6 Å². The van der Waals surface area contributed by atoms with Crippen molar-refractivity contribution in [3.63, 3.8) is 0 Å². The summed E-state index contributed by atoms with van der Waals surface area (Å²) in [6.45, 7) is 1.55. The Morgan fingerprint density at radius 3 is 1.40 bits per heavy atom. The van der Waals surface area contributed by atoms with Crippen LogP contribution in [0.15, 0.2) is 133 Å². The summed E-state index contributed by atoms with van der Waals surface area (Å²) in [6.07, 6.45) is 0. The Hall–Kier alpha value is -5.13. The maximum Gasteiger partial charge on any atom is 0.161 e. The molecular weight excluding hydrogens is 582 g/mol. The number of nitrogens with zero attached hydrogens (tertiary/aromatic N) is 1. The van der Waals surface area contributed by atoms with Crippen molar-refractivity contribution < 1.29 is 18.9 Å². The summed E-state index contributed by atoms with van der Waals surface area (Å²) in [4.78, 5) is 0. The second-order valence-corrected chi connectivity index (χ2v) is 11.0. The summed E-state index contributed by atoms with van der Waals surface area (Å²) in [6, 6.07) is 44.6. The number of halogens is 1. The zero-order valence-electron chi connectivity index (χ0n) is 25.3. The van der Waals surface area contributed by atoms with E-state index in [4.69, 9.17) is 30.5 Å². The Kier molecular flexibility index (Phi) is 9.38. The van der Waals surface area contributed by atoms with Crippen LogP contribution in [0.5, 0.6) is 23.0 Å². The highest BCUT2D eigenvalue weighted by Crippen LogP contribution is 2.38. The van der Waals surface area contributed by atoms with Crippen molar-refractivity contribution in [3.05, 3.63) is 155 Å². The molecule has 0 unspecified atom stereocenters. The van der Waals surface area contributed by atoms with Gasteiger partial charge in [0.05, 0.1) is 14.2 Å². The highest BCUT2D eigenvalue weighted by molar-refractivity contribution is 6.30. The summed E-state index contributed by atoms with van der Waals surface area (Å²) >= 11 is 6.22. The largest absolute Gasteiger partial charge is 0.493 e. The van der Waals surface area contributed by atoms with Gasteiger partial charge in [0.15, 0.2) is 23.0 Å². The Balaban J connectivity index is 1.34. The second kappa shape index (κ2) is 14.1. The summed E-state index contributed by atoms with van der Waals surface area (Å²) in [5.41, 5.74) is 7.41. The van der Waals surface area contributed by atoms with E-state index < -0.39 is 0 Å². The van der Waals surface area contributed by atoms with Gasteiger partial charge >= 0.3 is 0 Å². The zero-order chi connectivity index (χ0) is 31.0. The van der Waals surface area contributed by atoms with Crippen LogP contribution in [-0.2, 0) is 19.8 Å². The minimum absolute atomic E-state index is 0.459. The molecule has 1 heterocycles. The van der Waals surface area contributed by atoms with Gasteiger partial charge in [-0.05, 0) is 77.4 Å². The highest BCUT2D eigenvalue weighted by atomic mass is 35.5. The fraction of sp³-hybridized carbons (Fsp3) is 0.128. The number of ether oxygens (including phenoxy) is 4. The molecule has 0 aliphatic heterocycles. The van der Waals surface area contributed by atoms with E-state index in [1.165, 1.54) is 0 Å². The molecule has 0 radical (unpaired) electrons. The molecule has 226 valence electrons. The molecule has 6 aromatic rings. The number of benzene rings is 5. The van der Waals surface area contributed by atoms with Gasteiger partial charge in [-0.25, -0.2) is 0 Å². The van der Waals surface area contributed by atoms with Gasteiger partial charge < -0.3 is 23.5 Å². The monoisotopic (exact) mass is 615 g/mol. The summed E-state index contributed by atoms with van der Waals surface area (Å²) in [5, 5.41) is 0.707. The summed E-state index contributed by atoms with van der Waals surface area (Å²) < 4.78 is 26.1. The third kappa shape index (κ3) is 7.17. The fourth-order valence-corrected chi connectivity index (χ4v) is 5.40. The summed E-state index contributed by atoms with van der Waals surface area (Å²) in [7, 11) is 3.33.